The van der Waals surface area contributed by atoms with Gasteiger partial charge in [0.1, 0.15) is 10.7 Å². The Bertz CT molecular complexity index is 604. The van der Waals surface area contributed by atoms with E-state index in [0.717, 1.165) is 19.3 Å². The molecular formula is C13H19BrFN3O2S. The minimum absolute atomic E-state index is 0.261. The fraction of sp³-hybridized carbons (Fsp3) is 0.538. The highest BCUT2D eigenvalue weighted by atomic mass is 79.9. The summed E-state index contributed by atoms with van der Waals surface area (Å²) in [6.45, 7) is 1.56. The van der Waals surface area contributed by atoms with Crippen LogP contribution in [0.4, 0.5) is 4.39 Å². The number of benzene rings is 1. The van der Waals surface area contributed by atoms with E-state index in [1.165, 1.54) is 6.07 Å². The number of halogens is 2. The first-order chi connectivity index (χ1) is 9.94. The van der Waals surface area contributed by atoms with Crippen LogP contribution in [-0.2, 0) is 16.6 Å². The average Bonchev–Trinajstić information content (AvgIpc) is 2.43. The van der Waals surface area contributed by atoms with E-state index in [-0.39, 0.29) is 11.4 Å². The third kappa shape index (κ3) is 4.23. The van der Waals surface area contributed by atoms with Crippen molar-refractivity contribution in [3.8, 4) is 0 Å². The second-order valence-electron chi connectivity index (χ2n) is 5.05. The Morgan fingerprint density at radius 1 is 1.29 bits per heavy atom. The maximum absolute atomic E-state index is 14.4. The number of rotatable bonds is 5. The molecule has 21 heavy (non-hydrogen) atoms. The van der Waals surface area contributed by atoms with Crippen LogP contribution in [0.1, 0.15) is 24.8 Å². The van der Waals surface area contributed by atoms with Gasteiger partial charge in [-0.3, -0.25) is 0 Å². The van der Waals surface area contributed by atoms with Crippen LogP contribution in [0.3, 0.4) is 0 Å². The van der Waals surface area contributed by atoms with Gasteiger partial charge in [-0.1, -0.05) is 22.4 Å². The maximum Gasteiger partial charge on any atom is 0.256 e. The number of nitrogens with zero attached hydrogens (tertiary/aromatic N) is 1. The molecule has 0 spiro atoms. The van der Waals surface area contributed by atoms with E-state index < -0.39 is 15.8 Å². The largest absolute Gasteiger partial charge is 0.316 e. The standard InChI is InChI=1S/C13H19BrFN3O2S/c1-16-9-10-7-11(14)8-12(13(10)15)21(19,20)17-18-5-3-2-4-6-18/h7-8,16-17H,2-6,9H2,1H3. The van der Waals surface area contributed by atoms with E-state index in [0.29, 0.717) is 23.1 Å². The van der Waals surface area contributed by atoms with Gasteiger partial charge in [-0.2, -0.15) is 0 Å². The third-order valence-electron chi connectivity index (χ3n) is 3.34. The molecule has 2 N–H and O–H groups in total. The summed E-state index contributed by atoms with van der Waals surface area (Å²) in [7, 11) is -2.23. The van der Waals surface area contributed by atoms with Crippen molar-refractivity contribution in [1.82, 2.24) is 15.2 Å². The van der Waals surface area contributed by atoms with Crippen molar-refractivity contribution >= 4 is 26.0 Å². The van der Waals surface area contributed by atoms with E-state index >= 15 is 0 Å². The highest BCUT2D eigenvalue weighted by Crippen LogP contribution is 2.24. The smallest absolute Gasteiger partial charge is 0.256 e. The summed E-state index contributed by atoms with van der Waals surface area (Å²) in [4.78, 5) is 2.15. The van der Waals surface area contributed by atoms with E-state index in [9.17, 15) is 12.8 Å². The van der Waals surface area contributed by atoms with E-state index in [4.69, 9.17) is 0 Å². The summed E-state index contributed by atoms with van der Waals surface area (Å²) in [6.07, 6.45) is 2.97. The van der Waals surface area contributed by atoms with Crippen LogP contribution in [0.25, 0.3) is 0 Å². The quantitative estimate of drug-likeness (QED) is 0.820. The lowest BCUT2D eigenvalue weighted by Crippen LogP contribution is -2.45. The van der Waals surface area contributed by atoms with Crippen molar-refractivity contribution in [3.63, 3.8) is 0 Å². The van der Waals surface area contributed by atoms with E-state index in [1.54, 1.807) is 18.1 Å². The molecule has 1 aliphatic rings. The average molecular weight is 380 g/mol. The second-order valence-corrected chi connectivity index (χ2v) is 7.59. The van der Waals surface area contributed by atoms with Crippen LogP contribution >= 0.6 is 15.9 Å². The van der Waals surface area contributed by atoms with Crippen LogP contribution in [0.5, 0.6) is 0 Å². The Balaban J connectivity index is 2.30. The Morgan fingerprint density at radius 2 is 1.95 bits per heavy atom. The number of hydrazine groups is 1. The molecule has 1 saturated heterocycles. The molecule has 1 aliphatic heterocycles. The highest BCUT2D eigenvalue weighted by molar-refractivity contribution is 9.10. The zero-order chi connectivity index (χ0) is 15.5. The summed E-state index contributed by atoms with van der Waals surface area (Å²) in [5.41, 5.74) is 0.311. The van der Waals surface area contributed by atoms with Gasteiger partial charge < -0.3 is 5.32 Å². The molecule has 1 heterocycles. The fourth-order valence-corrected chi connectivity index (χ4v) is 4.26. The second kappa shape index (κ2) is 7.15. The molecule has 8 heteroatoms. The van der Waals surface area contributed by atoms with Crippen molar-refractivity contribution in [2.75, 3.05) is 20.1 Å². The monoisotopic (exact) mass is 379 g/mol. The third-order valence-corrected chi connectivity index (χ3v) is 5.17. The minimum Gasteiger partial charge on any atom is -0.316 e. The van der Waals surface area contributed by atoms with Gasteiger partial charge in [0, 0.05) is 29.7 Å². The molecule has 0 bridgehead atoms. The Labute approximate surface area is 133 Å². The lowest BCUT2D eigenvalue weighted by atomic mass is 10.2. The molecule has 0 aromatic heterocycles. The number of hydrogen-bond donors (Lipinski definition) is 2. The molecule has 2 rings (SSSR count). The Morgan fingerprint density at radius 3 is 2.57 bits per heavy atom. The van der Waals surface area contributed by atoms with Gasteiger partial charge in [-0.25, -0.2) is 17.8 Å². The molecule has 0 aliphatic carbocycles. The lowest BCUT2D eigenvalue weighted by molar-refractivity contribution is 0.199. The van der Waals surface area contributed by atoms with Crippen LogP contribution in [0.15, 0.2) is 21.5 Å². The van der Waals surface area contributed by atoms with E-state index in [2.05, 4.69) is 26.1 Å². The minimum atomic E-state index is -3.91. The first kappa shape index (κ1) is 16.8. The van der Waals surface area contributed by atoms with Gasteiger partial charge >= 0.3 is 0 Å². The summed E-state index contributed by atoms with van der Waals surface area (Å²) in [5.74, 6) is -0.711. The first-order valence-electron chi connectivity index (χ1n) is 6.84. The van der Waals surface area contributed by atoms with Crippen molar-refractivity contribution in [1.29, 1.82) is 0 Å². The molecule has 0 radical (unpaired) electrons. The van der Waals surface area contributed by atoms with Gasteiger partial charge in [-0.05, 0) is 32.0 Å². The summed E-state index contributed by atoms with van der Waals surface area (Å²) in [5, 5.41) is 4.46. The van der Waals surface area contributed by atoms with Crippen LogP contribution in [0, 0.1) is 5.82 Å². The Kier molecular flexibility index (Phi) is 5.73. The predicted molar refractivity (Wildman–Crippen MR) is 82.6 cm³/mol. The van der Waals surface area contributed by atoms with Gasteiger partial charge in [0.25, 0.3) is 10.0 Å². The zero-order valence-corrected chi connectivity index (χ0v) is 14.2. The molecule has 1 aromatic rings. The van der Waals surface area contributed by atoms with Gasteiger partial charge in [0.2, 0.25) is 0 Å². The molecule has 5 nitrogen and oxygen atoms in total. The predicted octanol–water partition coefficient (Wildman–Crippen LogP) is 1.99. The fourth-order valence-electron chi connectivity index (χ4n) is 2.34. The van der Waals surface area contributed by atoms with Crippen LogP contribution in [0.2, 0.25) is 0 Å². The molecule has 0 saturated carbocycles. The summed E-state index contributed by atoms with van der Waals surface area (Å²) >= 11 is 3.23. The Hall–Kier alpha value is -0.540. The van der Waals surface area contributed by atoms with Crippen molar-refractivity contribution in [3.05, 3.63) is 28.0 Å². The maximum atomic E-state index is 14.4. The molecule has 1 fully saturated rings. The number of nitrogens with one attached hydrogen (secondary N) is 2. The number of sulfonamides is 1. The first-order valence-corrected chi connectivity index (χ1v) is 9.11. The topological polar surface area (TPSA) is 61.4 Å². The van der Waals surface area contributed by atoms with E-state index in [1.807, 2.05) is 0 Å². The summed E-state index contributed by atoms with van der Waals surface area (Å²) in [6, 6.07) is 2.87. The van der Waals surface area contributed by atoms with Crippen molar-refractivity contribution in [2.24, 2.45) is 0 Å². The van der Waals surface area contributed by atoms with Crippen molar-refractivity contribution in [2.45, 2.75) is 30.7 Å². The van der Waals surface area contributed by atoms with Gasteiger partial charge in [0.05, 0.1) is 0 Å². The molecule has 1 aromatic carbocycles. The van der Waals surface area contributed by atoms with Gasteiger partial charge in [-0.15, -0.1) is 4.83 Å². The normalized spacial score (nSPS) is 17.1. The summed E-state index contributed by atoms with van der Waals surface area (Å²) < 4.78 is 39.7. The van der Waals surface area contributed by atoms with Crippen LogP contribution < -0.4 is 10.1 Å². The highest BCUT2D eigenvalue weighted by Gasteiger charge is 2.25. The SMILES string of the molecule is CNCc1cc(Br)cc(S(=O)(=O)NN2CCCCC2)c1F. The molecule has 0 unspecified atom stereocenters. The molecular weight excluding hydrogens is 361 g/mol. The van der Waals surface area contributed by atoms with Crippen LogP contribution in [-0.4, -0.2) is 33.6 Å². The molecule has 118 valence electrons. The number of hydrogen-bond acceptors (Lipinski definition) is 4. The van der Waals surface area contributed by atoms with Crippen molar-refractivity contribution < 1.29 is 12.8 Å². The van der Waals surface area contributed by atoms with Gasteiger partial charge in [0.15, 0.2) is 0 Å². The molecule has 0 atom stereocenters. The molecule has 0 amide bonds. The number of piperidine rings is 1. The lowest BCUT2D eigenvalue weighted by Gasteiger charge is -2.26. The zero-order valence-electron chi connectivity index (χ0n) is 11.8.